The molecule has 3 heterocycles. The molecule has 0 saturated heterocycles. The third kappa shape index (κ3) is 2.99. The van der Waals surface area contributed by atoms with Gasteiger partial charge in [-0.05, 0) is 36.8 Å². The summed E-state index contributed by atoms with van der Waals surface area (Å²) in [7, 11) is 0. The van der Waals surface area contributed by atoms with Crippen molar-refractivity contribution in [3.05, 3.63) is 77.0 Å². The largest absolute Gasteiger partial charge is 0.462 e. The molecule has 0 fully saturated rings. The number of hydrogen-bond acceptors (Lipinski definition) is 4. The first-order valence-corrected chi connectivity index (χ1v) is 8.35. The number of carbonyl (C=O) groups excluding carboxylic acids is 1. The molecule has 0 amide bonds. The fourth-order valence-corrected chi connectivity index (χ4v) is 3.03. The van der Waals surface area contributed by atoms with Crippen LogP contribution in [0.2, 0.25) is 5.02 Å². The Hall–Kier alpha value is -2.99. The highest BCUT2D eigenvalue weighted by Crippen LogP contribution is 2.25. The molecule has 0 radical (unpaired) electrons. The van der Waals surface area contributed by atoms with Crippen LogP contribution in [-0.4, -0.2) is 20.4 Å². The van der Waals surface area contributed by atoms with Gasteiger partial charge in [0.15, 0.2) is 17.2 Å². The van der Waals surface area contributed by atoms with Gasteiger partial charge < -0.3 is 4.42 Å². The monoisotopic (exact) mass is 369 g/mol. The number of rotatable bonds is 5. The van der Waals surface area contributed by atoms with E-state index in [2.05, 4.69) is 10.1 Å². The minimum Gasteiger partial charge on any atom is -0.462 e. The number of ketones is 1. The fraction of sp³-hybridized carbons (Fsp3) is 0.105. The molecule has 0 bridgehead atoms. The van der Waals surface area contributed by atoms with Crippen molar-refractivity contribution in [2.75, 3.05) is 0 Å². The summed E-state index contributed by atoms with van der Waals surface area (Å²) in [5.41, 5.74) is 2.09. The number of furan rings is 1. The maximum Gasteiger partial charge on any atom is 0.166 e. The molecule has 0 saturated carbocycles. The Morgan fingerprint density at radius 3 is 3.00 bits per heavy atom. The molecule has 26 heavy (non-hydrogen) atoms. The first-order valence-electron chi connectivity index (χ1n) is 7.97. The van der Waals surface area contributed by atoms with E-state index in [4.69, 9.17) is 16.0 Å². The Balaban J connectivity index is 1.53. The van der Waals surface area contributed by atoms with Crippen molar-refractivity contribution in [2.24, 2.45) is 0 Å². The summed E-state index contributed by atoms with van der Waals surface area (Å²) >= 11 is 6.00. The quantitative estimate of drug-likeness (QED) is 0.482. The van der Waals surface area contributed by atoms with Crippen LogP contribution in [0.25, 0.3) is 17.1 Å². The van der Waals surface area contributed by atoms with Crippen molar-refractivity contribution < 1.29 is 13.6 Å². The van der Waals surface area contributed by atoms with Gasteiger partial charge in [0, 0.05) is 23.2 Å². The molecule has 0 aliphatic carbocycles. The van der Waals surface area contributed by atoms with Crippen LogP contribution < -0.4 is 0 Å². The van der Waals surface area contributed by atoms with Crippen LogP contribution in [0.5, 0.6) is 0 Å². The van der Waals surface area contributed by atoms with Gasteiger partial charge in [-0.2, -0.15) is 5.10 Å². The van der Waals surface area contributed by atoms with Crippen LogP contribution in [0, 0.1) is 5.82 Å². The summed E-state index contributed by atoms with van der Waals surface area (Å²) in [6.07, 6.45) is 5.02. The highest BCUT2D eigenvalue weighted by Gasteiger charge is 2.16. The molecule has 0 unspecified atom stereocenters. The topological polar surface area (TPSA) is 60.4 Å². The molecule has 3 aromatic heterocycles. The second-order valence-electron chi connectivity index (χ2n) is 5.76. The van der Waals surface area contributed by atoms with E-state index in [1.165, 1.54) is 18.4 Å². The van der Waals surface area contributed by atoms with E-state index in [0.29, 0.717) is 33.3 Å². The molecule has 4 rings (SSSR count). The molecule has 0 aliphatic heterocycles. The van der Waals surface area contributed by atoms with E-state index < -0.39 is 5.82 Å². The van der Waals surface area contributed by atoms with Gasteiger partial charge in [0.1, 0.15) is 17.8 Å². The van der Waals surface area contributed by atoms with Gasteiger partial charge in [0.2, 0.25) is 0 Å². The van der Waals surface area contributed by atoms with Crippen molar-refractivity contribution in [3.8, 4) is 11.5 Å². The lowest BCUT2D eigenvalue weighted by atomic mass is 10.0. The molecule has 7 heteroatoms. The molecule has 0 N–H and O–H groups in total. The number of hydrogen-bond donors (Lipinski definition) is 0. The van der Waals surface area contributed by atoms with Gasteiger partial charge in [-0.3, -0.25) is 4.79 Å². The lowest BCUT2D eigenvalue weighted by Crippen LogP contribution is -2.01. The molecule has 0 spiro atoms. The van der Waals surface area contributed by atoms with Crippen molar-refractivity contribution in [3.63, 3.8) is 0 Å². The zero-order valence-corrected chi connectivity index (χ0v) is 14.3. The van der Waals surface area contributed by atoms with E-state index in [1.807, 2.05) is 6.07 Å². The van der Waals surface area contributed by atoms with Gasteiger partial charge >= 0.3 is 0 Å². The fourth-order valence-electron chi connectivity index (χ4n) is 2.77. The highest BCUT2D eigenvalue weighted by molar-refractivity contribution is 6.31. The number of Topliss-reactive ketones (excluding diaryl/α,β-unsaturated/α-hetero) is 1. The summed E-state index contributed by atoms with van der Waals surface area (Å²) in [6.45, 7) is 0. The highest BCUT2D eigenvalue weighted by atomic mass is 35.5. The molecular formula is C19H13ClFN3O2. The number of aromatic nitrogens is 3. The number of imidazole rings is 1. The summed E-state index contributed by atoms with van der Waals surface area (Å²) < 4.78 is 21.0. The average Bonchev–Trinajstić information content (AvgIpc) is 3.28. The van der Waals surface area contributed by atoms with Gasteiger partial charge in [-0.1, -0.05) is 17.7 Å². The standard InChI is InChI=1S/C19H13ClFN3O2/c20-14-3-1-4-15(21)13(14)6-7-17(25)12-9-18(26-11-12)16-10-22-19-5-2-8-23-24(16)19/h1-5,8-11H,6-7H2. The van der Waals surface area contributed by atoms with E-state index in [9.17, 15) is 9.18 Å². The van der Waals surface area contributed by atoms with Crippen LogP contribution >= 0.6 is 11.6 Å². The number of benzene rings is 1. The lowest BCUT2D eigenvalue weighted by Gasteiger charge is -2.04. The number of carbonyl (C=O) groups is 1. The smallest absolute Gasteiger partial charge is 0.166 e. The first kappa shape index (κ1) is 16.5. The Bertz CT molecular complexity index is 1080. The van der Waals surface area contributed by atoms with Crippen LogP contribution in [0.1, 0.15) is 22.3 Å². The van der Waals surface area contributed by atoms with Gasteiger partial charge in [-0.25, -0.2) is 13.9 Å². The first-order chi connectivity index (χ1) is 12.6. The van der Waals surface area contributed by atoms with Gasteiger partial charge in [-0.15, -0.1) is 0 Å². The Labute approximate surface area is 153 Å². The Morgan fingerprint density at radius 1 is 1.27 bits per heavy atom. The predicted octanol–water partition coefficient (Wildman–Crippen LogP) is 4.60. The normalized spacial score (nSPS) is 11.2. The lowest BCUT2D eigenvalue weighted by molar-refractivity contribution is 0.0982. The minimum atomic E-state index is -0.407. The molecule has 0 aliphatic rings. The second-order valence-corrected chi connectivity index (χ2v) is 6.17. The third-order valence-corrected chi connectivity index (χ3v) is 4.47. The molecule has 0 atom stereocenters. The zero-order chi connectivity index (χ0) is 18.1. The van der Waals surface area contributed by atoms with Crippen LogP contribution in [0.4, 0.5) is 4.39 Å². The molecular weight excluding hydrogens is 357 g/mol. The predicted molar refractivity (Wildman–Crippen MR) is 94.8 cm³/mol. The third-order valence-electron chi connectivity index (χ3n) is 4.12. The van der Waals surface area contributed by atoms with Crippen molar-refractivity contribution in [2.45, 2.75) is 12.8 Å². The SMILES string of the molecule is O=C(CCc1c(F)cccc1Cl)c1coc(-c2cnc3cccnn23)c1. The molecule has 4 aromatic rings. The Morgan fingerprint density at radius 2 is 2.15 bits per heavy atom. The summed E-state index contributed by atoms with van der Waals surface area (Å²) in [4.78, 5) is 16.7. The number of halogens is 2. The van der Waals surface area contributed by atoms with Crippen LogP contribution in [-0.2, 0) is 6.42 Å². The zero-order valence-electron chi connectivity index (χ0n) is 13.5. The minimum absolute atomic E-state index is 0.130. The van der Waals surface area contributed by atoms with E-state index >= 15 is 0 Å². The van der Waals surface area contributed by atoms with Crippen LogP contribution in [0.3, 0.4) is 0 Å². The van der Waals surface area contributed by atoms with Gasteiger partial charge in [0.25, 0.3) is 0 Å². The number of fused-ring (bicyclic) bond motifs is 1. The maximum atomic E-state index is 13.8. The summed E-state index contributed by atoms with van der Waals surface area (Å²) in [6, 6.07) is 9.73. The van der Waals surface area contributed by atoms with Gasteiger partial charge in [0.05, 0.1) is 11.8 Å². The molecule has 1 aromatic carbocycles. The second kappa shape index (κ2) is 6.72. The number of nitrogens with zero attached hydrogens (tertiary/aromatic N) is 3. The van der Waals surface area contributed by atoms with E-state index in [1.54, 1.807) is 35.1 Å². The average molecular weight is 370 g/mol. The Kier molecular flexibility index (Phi) is 4.26. The maximum absolute atomic E-state index is 13.8. The van der Waals surface area contributed by atoms with Crippen LogP contribution in [0.15, 0.2) is 59.5 Å². The van der Waals surface area contributed by atoms with Crippen molar-refractivity contribution in [1.82, 2.24) is 14.6 Å². The van der Waals surface area contributed by atoms with Crippen molar-refractivity contribution in [1.29, 1.82) is 0 Å². The summed E-state index contributed by atoms with van der Waals surface area (Å²) in [5.74, 6) is -0.0699. The molecule has 130 valence electrons. The van der Waals surface area contributed by atoms with E-state index in [-0.39, 0.29) is 18.6 Å². The van der Waals surface area contributed by atoms with E-state index in [0.717, 1.165) is 0 Å². The van der Waals surface area contributed by atoms with Crippen molar-refractivity contribution >= 4 is 23.0 Å². The molecule has 5 nitrogen and oxygen atoms in total. The summed E-state index contributed by atoms with van der Waals surface area (Å²) in [5, 5.41) is 4.54.